The number of hydrogen-bond acceptors (Lipinski definition) is 0. The van der Waals surface area contributed by atoms with Gasteiger partial charge in [0.2, 0.25) is 0 Å². The maximum Gasteiger partial charge on any atom is 0.254 e. The maximum absolute atomic E-state index is 12.9. The maximum atomic E-state index is 12.9. The van der Waals surface area contributed by atoms with E-state index in [4.69, 9.17) is 0 Å². The predicted octanol–water partition coefficient (Wildman–Crippen LogP) is 3.96. The fraction of sp³-hybridized carbons (Fsp3) is 1.00. The normalized spacial score (nSPS) is 45.7. The second-order valence-electron chi connectivity index (χ2n) is 4.22. The molecule has 2 fully saturated rings. The van der Waals surface area contributed by atoms with Crippen molar-refractivity contribution in [3.63, 3.8) is 0 Å². The summed E-state index contributed by atoms with van der Waals surface area (Å²) in [4.78, 5) is 0. The molecule has 78 valence electrons. The summed E-state index contributed by atoms with van der Waals surface area (Å²) in [5, 5.41) is 0. The highest BCUT2D eigenvalue weighted by molar-refractivity contribution is 5.10. The van der Waals surface area contributed by atoms with Gasteiger partial charge in [-0.3, -0.25) is 0 Å². The Hall–Kier alpha value is -0.140. The number of hydrogen-bond donors (Lipinski definition) is 0. The van der Waals surface area contributed by atoms with Crippen LogP contribution in [0.1, 0.15) is 40.5 Å². The van der Waals surface area contributed by atoms with Crippen LogP contribution < -0.4 is 0 Å². The van der Waals surface area contributed by atoms with Crippen molar-refractivity contribution in [1.29, 1.82) is 0 Å². The highest BCUT2D eigenvalue weighted by atomic mass is 19.3. The third-order valence-corrected chi connectivity index (χ3v) is 3.66. The second kappa shape index (κ2) is 3.55. The Morgan fingerprint density at radius 1 is 1.08 bits per heavy atom. The van der Waals surface area contributed by atoms with Crippen molar-refractivity contribution in [1.82, 2.24) is 0 Å². The van der Waals surface area contributed by atoms with E-state index < -0.39 is 5.92 Å². The lowest BCUT2D eigenvalue weighted by molar-refractivity contribution is 0.0760. The van der Waals surface area contributed by atoms with Gasteiger partial charge in [0.05, 0.1) is 0 Å². The Morgan fingerprint density at radius 3 is 2.08 bits per heavy atom. The lowest BCUT2D eigenvalue weighted by atomic mass is 9.82. The average molecular weight is 190 g/mol. The molecule has 0 aromatic heterocycles. The van der Waals surface area contributed by atoms with Gasteiger partial charge in [0.1, 0.15) is 0 Å². The molecule has 4 atom stereocenters. The Kier molecular flexibility index (Phi) is 2.98. The minimum atomic E-state index is -2.30. The molecular formula is C11H20F2. The first-order valence-electron chi connectivity index (χ1n) is 5.43. The molecule has 13 heavy (non-hydrogen) atoms. The van der Waals surface area contributed by atoms with E-state index in [1.807, 2.05) is 20.8 Å². The van der Waals surface area contributed by atoms with E-state index in [2.05, 4.69) is 6.92 Å². The van der Waals surface area contributed by atoms with Crippen LogP contribution in [0.5, 0.6) is 0 Å². The fourth-order valence-electron chi connectivity index (χ4n) is 2.56. The van der Waals surface area contributed by atoms with E-state index in [1.165, 1.54) is 0 Å². The quantitative estimate of drug-likeness (QED) is 0.542. The van der Waals surface area contributed by atoms with E-state index in [1.54, 1.807) is 0 Å². The van der Waals surface area contributed by atoms with Gasteiger partial charge < -0.3 is 0 Å². The smallest absolute Gasteiger partial charge is 0.206 e. The van der Waals surface area contributed by atoms with Crippen LogP contribution in [0, 0.1) is 23.7 Å². The molecule has 0 aliphatic heterocycles. The summed E-state index contributed by atoms with van der Waals surface area (Å²) < 4.78 is 25.9. The molecule has 2 heteroatoms. The minimum Gasteiger partial charge on any atom is -0.206 e. The molecule has 0 amide bonds. The minimum absolute atomic E-state index is 0.240. The van der Waals surface area contributed by atoms with Gasteiger partial charge in [-0.05, 0) is 24.7 Å². The zero-order chi connectivity index (χ0) is 10.2. The van der Waals surface area contributed by atoms with E-state index in [0.717, 1.165) is 12.8 Å². The highest BCUT2D eigenvalue weighted by Gasteiger charge is 2.70. The largest absolute Gasteiger partial charge is 0.254 e. The van der Waals surface area contributed by atoms with Gasteiger partial charge in [-0.15, -0.1) is 0 Å². The first-order chi connectivity index (χ1) is 6.05. The van der Waals surface area contributed by atoms with Crippen LogP contribution in [0.3, 0.4) is 0 Å². The third kappa shape index (κ3) is 1.60. The summed E-state index contributed by atoms with van der Waals surface area (Å²) in [5.74, 6) is -2.09. The molecule has 0 bridgehead atoms. The van der Waals surface area contributed by atoms with Gasteiger partial charge in [0, 0.05) is 11.8 Å². The van der Waals surface area contributed by atoms with Gasteiger partial charge in [-0.1, -0.05) is 27.7 Å². The van der Waals surface area contributed by atoms with Gasteiger partial charge in [-0.2, -0.15) is 0 Å². The number of alkyl halides is 2. The molecule has 0 spiro atoms. The van der Waals surface area contributed by atoms with Gasteiger partial charge >= 0.3 is 0 Å². The summed E-state index contributed by atoms with van der Waals surface area (Å²) in [5.41, 5.74) is 0. The predicted molar refractivity (Wildman–Crippen MR) is 50.8 cm³/mol. The fourth-order valence-corrected chi connectivity index (χ4v) is 2.56. The van der Waals surface area contributed by atoms with Crippen molar-refractivity contribution >= 4 is 0 Å². The molecule has 4 unspecified atom stereocenters. The SMILES string of the molecule is CC.CC1CCC2C(C1C)C2(F)F. The van der Waals surface area contributed by atoms with Crippen molar-refractivity contribution in [3.05, 3.63) is 0 Å². The molecule has 2 aliphatic carbocycles. The highest BCUT2D eigenvalue weighted by Crippen LogP contribution is 2.65. The third-order valence-electron chi connectivity index (χ3n) is 3.66. The van der Waals surface area contributed by atoms with E-state index >= 15 is 0 Å². The van der Waals surface area contributed by atoms with Crippen LogP contribution >= 0.6 is 0 Å². The Bertz CT molecular complexity index is 177. The van der Waals surface area contributed by atoms with Crippen LogP contribution in [-0.2, 0) is 0 Å². The summed E-state index contributed by atoms with van der Waals surface area (Å²) in [6.07, 6.45) is 1.75. The Morgan fingerprint density at radius 2 is 1.62 bits per heavy atom. The second-order valence-corrected chi connectivity index (χ2v) is 4.22. The summed E-state index contributed by atoms with van der Waals surface area (Å²) in [6, 6.07) is 0. The van der Waals surface area contributed by atoms with Crippen LogP contribution in [0.2, 0.25) is 0 Å². The zero-order valence-electron chi connectivity index (χ0n) is 8.98. The topological polar surface area (TPSA) is 0 Å². The molecule has 2 saturated carbocycles. The van der Waals surface area contributed by atoms with Crippen molar-refractivity contribution in [3.8, 4) is 0 Å². The summed E-state index contributed by atoms with van der Waals surface area (Å²) >= 11 is 0. The average Bonchev–Trinajstić information content (AvgIpc) is 2.66. The first kappa shape index (κ1) is 10.9. The number of rotatable bonds is 0. The number of fused-ring (bicyclic) bond motifs is 1. The molecular weight excluding hydrogens is 170 g/mol. The van der Waals surface area contributed by atoms with E-state index in [9.17, 15) is 8.78 Å². The summed E-state index contributed by atoms with van der Waals surface area (Å²) in [7, 11) is 0. The molecule has 0 saturated heterocycles. The van der Waals surface area contributed by atoms with Crippen LogP contribution in [0.15, 0.2) is 0 Å². The molecule has 0 aromatic carbocycles. The van der Waals surface area contributed by atoms with Gasteiger partial charge in [0.15, 0.2) is 0 Å². The monoisotopic (exact) mass is 190 g/mol. The standard InChI is InChI=1S/C9H14F2.C2H6/c1-5-3-4-7-8(6(5)2)9(7,10)11;1-2/h5-8H,3-4H2,1-2H3;1-2H3. The zero-order valence-corrected chi connectivity index (χ0v) is 8.98. The van der Waals surface area contributed by atoms with Crippen LogP contribution in [0.25, 0.3) is 0 Å². The van der Waals surface area contributed by atoms with Crippen LogP contribution in [-0.4, -0.2) is 5.92 Å². The molecule has 0 aromatic rings. The Labute approximate surface area is 79.7 Å². The molecule has 0 radical (unpaired) electrons. The van der Waals surface area contributed by atoms with Crippen LogP contribution in [0.4, 0.5) is 8.78 Å². The molecule has 0 heterocycles. The van der Waals surface area contributed by atoms with Crippen molar-refractivity contribution in [2.75, 3.05) is 0 Å². The first-order valence-corrected chi connectivity index (χ1v) is 5.43. The molecule has 0 N–H and O–H groups in total. The lowest BCUT2D eigenvalue weighted by Crippen LogP contribution is -2.16. The van der Waals surface area contributed by atoms with Crippen molar-refractivity contribution in [2.45, 2.75) is 46.5 Å². The van der Waals surface area contributed by atoms with Gasteiger partial charge in [-0.25, -0.2) is 8.78 Å². The van der Waals surface area contributed by atoms with Crippen molar-refractivity contribution in [2.24, 2.45) is 23.7 Å². The Balaban J connectivity index is 0.000000396. The summed E-state index contributed by atoms with van der Waals surface area (Å²) in [6.45, 7) is 8.07. The van der Waals surface area contributed by atoms with Gasteiger partial charge in [0.25, 0.3) is 5.92 Å². The van der Waals surface area contributed by atoms with E-state index in [0.29, 0.717) is 5.92 Å². The molecule has 2 rings (SSSR count). The molecule has 0 nitrogen and oxygen atoms in total. The lowest BCUT2D eigenvalue weighted by Gasteiger charge is -2.22. The molecule has 2 aliphatic rings. The number of halogens is 2. The van der Waals surface area contributed by atoms with Crippen molar-refractivity contribution < 1.29 is 8.78 Å². The van der Waals surface area contributed by atoms with E-state index in [-0.39, 0.29) is 17.8 Å².